The molecule has 1 amide bonds. The molecule has 2 heterocycles. The Morgan fingerprint density at radius 2 is 1.78 bits per heavy atom. The van der Waals surface area contributed by atoms with Gasteiger partial charge in [-0.2, -0.15) is 4.98 Å². The number of imidazole rings is 1. The standard InChI is InChI=1S/C22H22ClN5O4/c1-25(11-13-5-6-15-10-16(32-4)8-7-14(15)9-13)17(29)12-28-18-19(24-21(28)23)26(2)22(31)27(3)20(18)30/h5-10H,11-12H2,1-4H3. The second-order valence-corrected chi connectivity index (χ2v) is 7.98. The summed E-state index contributed by atoms with van der Waals surface area (Å²) in [6.45, 7) is 0.200. The Hall–Kier alpha value is -3.59. The Labute approximate surface area is 188 Å². The van der Waals surface area contributed by atoms with E-state index < -0.39 is 11.2 Å². The van der Waals surface area contributed by atoms with Gasteiger partial charge < -0.3 is 9.64 Å². The van der Waals surface area contributed by atoms with E-state index >= 15 is 0 Å². The average Bonchev–Trinajstić information content (AvgIpc) is 3.11. The molecule has 0 unspecified atom stereocenters. The van der Waals surface area contributed by atoms with E-state index in [4.69, 9.17) is 16.3 Å². The molecule has 0 fully saturated rings. The molecule has 10 heteroatoms. The number of likely N-dealkylation sites (N-methyl/N-ethyl adjacent to an activating group) is 1. The zero-order valence-corrected chi connectivity index (χ0v) is 18.9. The van der Waals surface area contributed by atoms with Crippen LogP contribution in [0.15, 0.2) is 46.0 Å². The number of rotatable bonds is 5. The van der Waals surface area contributed by atoms with Crippen LogP contribution in [0.2, 0.25) is 5.28 Å². The Balaban J connectivity index is 1.60. The molecule has 0 bridgehead atoms. The molecule has 0 spiro atoms. The van der Waals surface area contributed by atoms with E-state index in [1.807, 2.05) is 36.4 Å². The van der Waals surface area contributed by atoms with Gasteiger partial charge in [-0.3, -0.25) is 23.3 Å². The van der Waals surface area contributed by atoms with Crippen molar-refractivity contribution in [3.63, 3.8) is 0 Å². The maximum Gasteiger partial charge on any atom is 0.332 e. The number of carbonyl (C=O) groups is 1. The van der Waals surface area contributed by atoms with Gasteiger partial charge in [-0.25, -0.2) is 4.79 Å². The number of hydrogen-bond acceptors (Lipinski definition) is 5. The second-order valence-electron chi connectivity index (χ2n) is 7.64. The van der Waals surface area contributed by atoms with Crippen molar-refractivity contribution in [3.05, 3.63) is 68.1 Å². The highest BCUT2D eigenvalue weighted by molar-refractivity contribution is 6.29. The lowest BCUT2D eigenvalue weighted by atomic mass is 10.1. The van der Waals surface area contributed by atoms with E-state index in [1.54, 1.807) is 19.1 Å². The Bertz CT molecular complexity index is 1480. The summed E-state index contributed by atoms with van der Waals surface area (Å²) in [6.07, 6.45) is 0. The van der Waals surface area contributed by atoms with Crippen molar-refractivity contribution >= 4 is 39.4 Å². The fourth-order valence-corrected chi connectivity index (χ4v) is 3.91. The van der Waals surface area contributed by atoms with Crippen LogP contribution in [0.25, 0.3) is 21.9 Å². The Morgan fingerprint density at radius 1 is 1.09 bits per heavy atom. The molecule has 0 aliphatic rings. The second kappa shape index (κ2) is 8.16. The third kappa shape index (κ3) is 3.64. The number of ether oxygens (including phenoxy) is 1. The lowest BCUT2D eigenvalue weighted by molar-refractivity contribution is -0.131. The first-order valence-corrected chi connectivity index (χ1v) is 10.2. The number of fused-ring (bicyclic) bond motifs is 2. The van der Waals surface area contributed by atoms with E-state index in [2.05, 4.69) is 4.98 Å². The van der Waals surface area contributed by atoms with Crippen LogP contribution in [0.5, 0.6) is 5.75 Å². The van der Waals surface area contributed by atoms with Gasteiger partial charge in [0.15, 0.2) is 11.2 Å². The van der Waals surface area contributed by atoms with Crippen molar-refractivity contribution < 1.29 is 9.53 Å². The minimum absolute atomic E-state index is 0.0281. The third-order valence-electron chi connectivity index (χ3n) is 5.55. The van der Waals surface area contributed by atoms with Crippen LogP contribution >= 0.6 is 11.6 Å². The summed E-state index contributed by atoms with van der Waals surface area (Å²) in [6, 6.07) is 11.8. The van der Waals surface area contributed by atoms with Crippen LogP contribution in [-0.2, 0) is 32.0 Å². The van der Waals surface area contributed by atoms with Crippen LogP contribution in [0.4, 0.5) is 0 Å². The number of nitrogens with zero attached hydrogens (tertiary/aromatic N) is 5. The van der Waals surface area contributed by atoms with Crippen molar-refractivity contribution in [1.82, 2.24) is 23.6 Å². The first kappa shape index (κ1) is 21.6. The molecule has 0 N–H and O–H groups in total. The number of methoxy groups -OCH3 is 1. The van der Waals surface area contributed by atoms with Gasteiger partial charge in [0.25, 0.3) is 5.56 Å². The van der Waals surface area contributed by atoms with Crippen molar-refractivity contribution in [3.8, 4) is 5.75 Å². The zero-order chi connectivity index (χ0) is 23.2. The summed E-state index contributed by atoms with van der Waals surface area (Å²) in [5.41, 5.74) is 0.145. The Morgan fingerprint density at radius 3 is 2.50 bits per heavy atom. The highest BCUT2D eigenvalue weighted by Crippen LogP contribution is 2.22. The summed E-state index contributed by atoms with van der Waals surface area (Å²) in [5, 5.41) is 2.05. The highest BCUT2D eigenvalue weighted by Gasteiger charge is 2.21. The number of carbonyl (C=O) groups excluding carboxylic acids is 1. The first-order chi connectivity index (χ1) is 15.2. The molecule has 32 heavy (non-hydrogen) atoms. The van der Waals surface area contributed by atoms with Crippen LogP contribution in [0, 0.1) is 0 Å². The number of halogens is 1. The molecular formula is C22H22ClN5O4. The van der Waals surface area contributed by atoms with Crippen molar-refractivity contribution in [1.29, 1.82) is 0 Å². The number of benzene rings is 2. The number of aromatic nitrogens is 4. The molecule has 2 aromatic heterocycles. The fraction of sp³-hybridized carbons (Fsp3) is 0.273. The molecule has 4 aromatic rings. The van der Waals surface area contributed by atoms with E-state index in [0.29, 0.717) is 6.54 Å². The van der Waals surface area contributed by atoms with Gasteiger partial charge in [0, 0.05) is 27.7 Å². The summed E-state index contributed by atoms with van der Waals surface area (Å²) < 4.78 is 8.79. The van der Waals surface area contributed by atoms with Crippen molar-refractivity contribution in [2.45, 2.75) is 13.1 Å². The molecule has 0 radical (unpaired) electrons. The molecular weight excluding hydrogens is 434 g/mol. The summed E-state index contributed by atoms with van der Waals surface area (Å²) in [4.78, 5) is 43.4. The van der Waals surface area contributed by atoms with Crippen LogP contribution in [0.1, 0.15) is 5.56 Å². The lowest BCUT2D eigenvalue weighted by Gasteiger charge is -2.18. The predicted molar refractivity (Wildman–Crippen MR) is 122 cm³/mol. The number of aryl methyl sites for hydroxylation is 1. The maximum absolute atomic E-state index is 12.9. The highest BCUT2D eigenvalue weighted by atomic mass is 35.5. The van der Waals surface area contributed by atoms with E-state index in [1.165, 1.54) is 23.2 Å². The average molecular weight is 456 g/mol. The topological polar surface area (TPSA) is 91.4 Å². The first-order valence-electron chi connectivity index (χ1n) is 9.83. The molecule has 166 valence electrons. The van der Waals surface area contributed by atoms with Gasteiger partial charge in [0.05, 0.1) is 7.11 Å². The van der Waals surface area contributed by atoms with Gasteiger partial charge in [-0.15, -0.1) is 0 Å². The van der Waals surface area contributed by atoms with Crippen LogP contribution in [0.3, 0.4) is 0 Å². The zero-order valence-electron chi connectivity index (χ0n) is 18.1. The largest absolute Gasteiger partial charge is 0.497 e. The van der Waals surface area contributed by atoms with Gasteiger partial charge in [0.1, 0.15) is 12.3 Å². The van der Waals surface area contributed by atoms with E-state index in [-0.39, 0.29) is 28.9 Å². The predicted octanol–water partition coefficient (Wildman–Crippen LogP) is 1.91. The monoisotopic (exact) mass is 455 g/mol. The van der Waals surface area contributed by atoms with Crippen LogP contribution < -0.4 is 16.0 Å². The SMILES string of the molecule is COc1ccc2cc(CN(C)C(=O)Cn3c(Cl)nc4c3c(=O)n(C)c(=O)n4C)ccc2c1. The molecule has 0 atom stereocenters. The minimum atomic E-state index is -0.553. The summed E-state index contributed by atoms with van der Waals surface area (Å²) in [5.74, 6) is 0.530. The minimum Gasteiger partial charge on any atom is -0.497 e. The summed E-state index contributed by atoms with van der Waals surface area (Å²) in [7, 11) is 6.18. The van der Waals surface area contributed by atoms with Gasteiger partial charge in [-0.1, -0.05) is 18.2 Å². The molecule has 0 saturated carbocycles. The maximum atomic E-state index is 12.9. The Kier molecular flexibility index (Phi) is 5.52. The van der Waals surface area contributed by atoms with Gasteiger partial charge in [-0.05, 0) is 46.1 Å². The van der Waals surface area contributed by atoms with Crippen molar-refractivity contribution in [2.75, 3.05) is 14.2 Å². The molecule has 0 aliphatic carbocycles. The lowest BCUT2D eigenvalue weighted by Crippen LogP contribution is -2.38. The molecule has 0 saturated heterocycles. The number of amides is 1. The van der Waals surface area contributed by atoms with E-state index in [9.17, 15) is 14.4 Å². The van der Waals surface area contributed by atoms with Gasteiger partial charge in [0.2, 0.25) is 11.2 Å². The third-order valence-corrected chi connectivity index (χ3v) is 5.84. The van der Waals surface area contributed by atoms with Crippen molar-refractivity contribution in [2.24, 2.45) is 14.1 Å². The number of hydrogen-bond donors (Lipinski definition) is 0. The molecule has 2 aromatic carbocycles. The van der Waals surface area contributed by atoms with Gasteiger partial charge >= 0.3 is 5.69 Å². The fourth-order valence-electron chi connectivity index (χ4n) is 3.68. The molecule has 9 nitrogen and oxygen atoms in total. The summed E-state index contributed by atoms with van der Waals surface area (Å²) >= 11 is 6.22. The quantitative estimate of drug-likeness (QED) is 0.429. The van der Waals surface area contributed by atoms with E-state index in [0.717, 1.165) is 26.7 Å². The van der Waals surface area contributed by atoms with Crippen LogP contribution in [-0.4, -0.2) is 43.6 Å². The molecule has 0 aliphatic heterocycles. The normalized spacial score (nSPS) is 11.3. The molecule has 4 rings (SSSR count). The smallest absolute Gasteiger partial charge is 0.332 e.